The van der Waals surface area contributed by atoms with Crippen LogP contribution in [-0.2, 0) is 11.3 Å². The fourth-order valence-corrected chi connectivity index (χ4v) is 2.89. The van der Waals surface area contributed by atoms with E-state index in [1.807, 2.05) is 12.1 Å². The van der Waals surface area contributed by atoms with Crippen LogP contribution < -0.4 is 5.32 Å². The molecule has 0 bridgehead atoms. The Hall–Kier alpha value is -1.59. The summed E-state index contributed by atoms with van der Waals surface area (Å²) < 4.78 is 5.37. The minimum absolute atomic E-state index is 0.463. The lowest BCUT2D eigenvalue weighted by atomic mass is 10.1. The van der Waals surface area contributed by atoms with Gasteiger partial charge >= 0.3 is 0 Å². The molecular weight excluding hydrogens is 324 g/mol. The summed E-state index contributed by atoms with van der Waals surface area (Å²) in [6, 6.07) is 15.7. The van der Waals surface area contributed by atoms with E-state index in [1.165, 1.54) is 5.56 Å². The molecule has 0 saturated carbocycles. The molecule has 4 nitrogen and oxygen atoms in total. The molecule has 1 fully saturated rings. The summed E-state index contributed by atoms with van der Waals surface area (Å²) in [6.45, 7) is 5.05. The highest BCUT2D eigenvalue weighted by Crippen LogP contribution is 2.18. The van der Waals surface area contributed by atoms with Crippen LogP contribution in [0.15, 0.2) is 48.5 Å². The first-order valence-corrected chi connectivity index (χ1v) is 8.65. The van der Waals surface area contributed by atoms with Crippen LogP contribution >= 0.6 is 11.6 Å². The Kier molecular flexibility index (Phi) is 6.10. The van der Waals surface area contributed by atoms with Crippen LogP contribution in [0.25, 0.3) is 0 Å². The number of aliphatic hydroxyl groups excluding tert-OH is 1. The van der Waals surface area contributed by atoms with Crippen molar-refractivity contribution in [1.29, 1.82) is 0 Å². The van der Waals surface area contributed by atoms with Crippen molar-refractivity contribution in [1.82, 2.24) is 4.90 Å². The van der Waals surface area contributed by atoms with Crippen LogP contribution in [0, 0.1) is 0 Å². The second-order valence-electron chi connectivity index (χ2n) is 6.03. The number of ether oxygens (including phenoxy) is 1. The van der Waals surface area contributed by atoms with Gasteiger partial charge in [0.15, 0.2) is 0 Å². The van der Waals surface area contributed by atoms with Gasteiger partial charge in [0.05, 0.1) is 19.3 Å². The van der Waals surface area contributed by atoms with Crippen molar-refractivity contribution in [3.63, 3.8) is 0 Å². The minimum Gasteiger partial charge on any atom is -0.387 e. The van der Waals surface area contributed by atoms with E-state index in [2.05, 4.69) is 34.5 Å². The molecule has 1 atom stereocenters. The van der Waals surface area contributed by atoms with Gasteiger partial charge in [0.25, 0.3) is 0 Å². The third-order valence-corrected chi connectivity index (χ3v) is 4.47. The number of aliphatic hydroxyl groups is 1. The van der Waals surface area contributed by atoms with Gasteiger partial charge in [0.2, 0.25) is 0 Å². The molecule has 0 amide bonds. The summed E-state index contributed by atoms with van der Waals surface area (Å²) >= 11 is 5.87. The molecule has 2 N–H and O–H groups in total. The van der Waals surface area contributed by atoms with E-state index in [1.54, 1.807) is 12.1 Å². The summed E-state index contributed by atoms with van der Waals surface area (Å²) in [5.74, 6) is 0. The molecule has 0 aliphatic carbocycles. The van der Waals surface area contributed by atoms with Gasteiger partial charge in [-0.3, -0.25) is 4.90 Å². The van der Waals surface area contributed by atoms with Crippen molar-refractivity contribution < 1.29 is 9.84 Å². The Balaban J connectivity index is 1.49. The average molecular weight is 347 g/mol. The van der Waals surface area contributed by atoms with E-state index in [0.29, 0.717) is 11.6 Å². The lowest BCUT2D eigenvalue weighted by Gasteiger charge is -2.26. The average Bonchev–Trinajstić information content (AvgIpc) is 2.62. The van der Waals surface area contributed by atoms with Crippen LogP contribution in [-0.4, -0.2) is 42.9 Å². The fourth-order valence-electron chi connectivity index (χ4n) is 2.76. The molecular formula is C19H23ClN2O2. The Morgan fingerprint density at radius 1 is 1.04 bits per heavy atom. The van der Waals surface area contributed by atoms with E-state index in [9.17, 15) is 5.11 Å². The summed E-state index contributed by atoms with van der Waals surface area (Å²) in [5, 5.41) is 14.2. The molecule has 128 valence electrons. The van der Waals surface area contributed by atoms with Crippen LogP contribution in [0.2, 0.25) is 5.02 Å². The van der Waals surface area contributed by atoms with Crippen molar-refractivity contribution in [3.05, 3.63) is 64.7 Å². The third-order valence-electron chi connectivity index (χ3n) is 4.22. The molecule has 3 rings (SSSR count). The molecule has 0 radical (unpaired) electrons. The molecule has 2 aromatic rings. The number of morpholine rings is 1. The Morgan fingerprint density at radius 3 is 2.38 bits per heavy atom. The Labute approximate surface area is 148 Å². The first-order valence-electron chi connectivity index (χ1n) is 8.27. The molecule has 5 heteroatoms. The van der Waals surface area contributed by atoms with Crippen LogP contribution in [0.4, 0.5) is 5.69 Å². The maximum atomic E-state index is 10.2. The molecule has 0 aromatic heterocycles. The maximum absolute atomic E-state index is 10.2. The maximum Gasteiger partial charge on any atom is 0.0962 e. The Morgan fingerprint density at radius 2 is 1.71 bits per heavy atom. The highest BCUT2D eigenvalue weighted by Gasteiger charge is 2.11. The van der Waals surface area contributed by atoms with E-state index in [0.717, 1.165) is 44.1 Å². The molecule has 1 aliphatic heterocycles. The van der Waals surface area contributed by atoms with Gasteiger partial charge in [-0.05, 0) is 35.4 Å². The number of halogens is 1. The highest BCUT2D eigenvalue weighted by atomic mass is 35.5. The molecule has 24 heavy (non-hydrogen) atoms. The highest BCUT2D eigenvalue weighted by molar-refractivity contribution is 6.30. The van der Waals surface area contributed by atoms with Gasteiger partial charge in [-0.15, -0.1) is 0 Å². The number of nitrogens with one attached hydrogen (secondary N) is 1. The fraction of sp³-hybridized carbons (Fsp3) is 0.368. The lowest BCUT2D eigenvalue weighted by molar-refractivity contribution is 0.0342. The standard InChI is InChI=1S/C19H23ClN2O2/c20-17-5-3-16(4-6-17)19(23)13-21-18-7-1-15(2-8-18)14-22-9-11-24-12-10-22/h1-8,19,21,23H,9-14H2. The van der Waals surface area contributed by atoms with E-state index < -0.39 is 6.10 Å². The second kappa shape index (κ2) is 8.49. The second-order valence-corrected chi connectivity index (χ2v) is 6.47. The summed E-state index contributed by atoms with van der Waals surface area (Å²) in [5.41, 5.74) is 3.16. The Bertz CT molecular complexity index is 625. The number of anilines is 1. The predicted octanol–water partition coefficient (Wildman–Crippen LogP) is 3.32. The largest absolute Gasteiger partial charge is 0.387 e. The van der Waals surface area contributed by atoms with Gasteiger partial charge in [-0.1, -0.05) is 35.9 Å². The molecule has 1 heterocycles. The quantitative estimate of drug-likeness (QED) is 0.842. The van der Waals surface area contributed by atoms with Crippen molar-refractivity contribution in [2.45, 2.75) is 12.6 Å². The number of hydrogen-bond acceptors (Lipinski definition) is 4. The molecule has 1 aliphatic rings. The van der Waals surface area contributed by atoms with E-state index in [4.69, 9.17) is 16.3 Å². The van der Waals surface area contributed by atoms with Crippen LogP contribution in [0.1, 0.15) is 17.2 Å². The first kappa shape index (κ1) is 17.2. The van der Waals surface area contributed by atoms with Gasteiger partial charge in [0.1, 0.15) is 0 Å². The van der Waals surface area contributed by atoms with Crippen molar-refractivity contribution in [3.8, 4) is 0 Å². The molecule has 2 aromatic carbocycles. The van der Waals surface area contributed by atoms with Crippen LogP contribution in [0.3, 0.4) is 0 Å². The summed E-state index contributed by atoms with van der Waals surface area (Å²) in [6.07, 6.45) is -0.560. The van der Waals surface area contributed by atoms with Gasteiger partial charge < -0.3 is 15.2 Å². The van der Waals surface area contributed by atoms with Crippen molar-refractivity contribution in [2.24, 2.45) is 0 Å². The third kappa shape index (κ3) is 4.95. The number of rotatable bonds is 6. The van der Waals surface area contributed by atoms with Gasteiger partial charge in [0, 0.05) is 36.9 Å². The molecule has 1 unspecified atom stereocenters. The zero-order chi connectivity index (χ0) is 16.8. The lowest BCUT2D eigenvalue weighted by Crippen LogP contribution is -2.35. The predicted molar refractivity (Wildman–Crippen MR) is 97.4 cm³/mol. The van der Waals surface area contributed by atoms with Gasteiger partial charge in [-0.25, -0.2) is 0 Å². The monoisotopic (exact) mass is 346 g/mol. The number of hydrogen-bond donors (Lipinski definition) is 2. The molecule has 0 spiro atoms. The zero-order valence-corrected chi connectivity index (χ0v) is 14.4. The number of benzene rings is 2. The minimum atomic E-state index is -0.560. The van der Waals surface area contributed by atoms with Crippen LogP contribution in [0.5, 0.6) is 0 Å². The van der Waals surface area contributed by atoms with Crippen molar-refractivity contribution in [2.75, 3.05) is 38.2 Å². The smallest absolute Gasteiger partial charge is 0.0962 e. The summed E-state index contributed by atoms with van der Waals surface area (Å²) in [4.78, 5) is 2.40. The SMILES string of the molecule is OC(CNc1ccc(CN2CCOCC2)cc1)c1ccc(Cl)cc1. The normalized spacial score (nSPS) is 16.8. The summed E-state index contributed by atoms with van der Waals surface area (Å²) in [7, 11) is 0. The molecule has 1 saturated heterocycles. The van der Waals surface area contributed by atoms with Crippen molar-refractivity contribution >= 4 is 17.3 Å². The van der Waals surface area contributed by atoms with E-state index >= 15 is 0 Å². The van der Waals surface area contributed by atoms with E-state index in [-0.39, 0.29) is 0 Å². The zero-order valence-electron chi connectivity index (χ0n) is 13.6. The first-order chi connectivity index (χ1) is 11.7. The number of nitrogens with zero attached hydrogens (tertiary/aromatic N) is 1. The topological polar surface area (TPSA) is 44.7 Å². The van der Waals surface area contributed by atoms with Gasteiger partial charge in [-0.2, -0.15) is 0 Å².